The number of likely N-dealkylation sites (N-methyl/N-ethyl adjacent to an activating group) is 1. The number of nitrogens with zero attached hydrogens (tertiary/aromatic N) is 1. The number of rotatable bonds is 7. The van der Waals surface area contributed by atoms with Crippen LogP contribution in [0.25, 0.3) is 11.1 Å². The molecule has 0 aliphatic rings. The molecular formula is C24H24ClFN2O2. The van der Waals surface area contributed by atoms with E-state index >= 15 is 4.39 Å². The molecule has 0 aromatic heterocycles. The third kappa shape index (κ3) is 5.38. The van der Waals surface area contributed by atoms with Crippen LogP contribution in [-0.4, -0.2) is 38.6 Å². The highest BCUT2D eigenvalue weighted by atomic mass is 35.5. The van der Waals surface area contributed by atoms with Crippen molar-refractivity contribution in [3.05, 3.63) is 82.6 Å². The fraction of sp³-hybridized carbons (Fsp3) is 0.208. The number of hydrogen-bond acceptors (Lipinski definition) is 3. The lowest BCUT2D eigenvalue weighted by Gasteiger charge is -2.14. The van der Waals surface area contributed by atoms with E-state index in [0.717, 1.165) is 5.56 Å². The fourth-order valence-electron chi connectivity index (χ4n) is 3.23. The Morgan fingerprint density at radius 3 is 2.47 bits per heavy atom. The van der Waals surface area contributed by atoms with Crippen LogP contribution in [0.5, 0.6) is 5.75 Å². The van der Waals surface area contributed by atoms with E-state index < -0.39 is 0 Å². The van der Waals surface area contributed by atoms with E-state index in [9.17, 15) is 4.79 Å². The number of halogens is 2. The number of amides is 1. The number of benzene rings is 3. The van der Waals surface area contributed by atoms with Gasteiger partial charge in [-0.05, 0) is 61.1 Å². The summed E-state index contributed by atoms with van der Waals surface area (Å²) in [5, 5.41) is 3.38. The maximum Gasteiger partial charge on any atom is 0.238 e. The van der Waals surface area contributed by atoms with Crippen LogP contribution in [0.2, 0.25) is 5.02 Å². The summed E-state index contributed by atoms with van der Waals surface area (Å²) in [6.07, 6.45) is 0.412. The van der Waals surface area contributed by atoms with E-state index in [1.807, 2.05) is 44.4 Å². The smallest absolute Gasteiger partial charge is 0.238 e. The van der Waals surface area contributed by atoms with Crippen LogP contribution in [0.4, 0.5) is 10.1 Å². The second-order valence-electron chi connectivity index (χ2n) is 7.29. The van der Waals surface area contributed by atoms with Crippen LogP contribution in [-0.2, 0) is 11.2 Å². The predicted molar refractivity (Wildman–Crippen MR) is 120 cm³/mol. The summed E-state index contributed by atoms with van der Waals surface area (Å²) >= 11 is 6.09. The monoisotopic (exact) mass is 426 g/mol. The van der Waals surface area contributed by atoms with Gasteiger partial charge in [-0.25, -0.2) is 4.39 Å². The predicted octanol–water partition coefficient (Wildman–Crippen LogP) is 5.25. The van der Waals surface area contributed by atoms with Crippen LogP contribution in [0.1, 0.15) is 11.1 Å². The van der Waals surface area contributed by atoms with Gasteiger partial charge >= 0.3 is 0 Å². The van der Waals surface area contributed by atoms with Crippen molar-refractivity contribution < 1.29 is 13.9 Å². The first-order valence-electron chi connectivity index (χ1n) is 9.52. The number of carbonyl (C=O) groups is 1. The number of anilines is 1. The molecule has 4 nitrogen and oxygen atoms in total. The van der Waals surface area contributed by atoms with Crippen molar-refractivity contribution >= 4 is 23.2 Å². The van der Waals surface area contributed by atoms with Gasteiger partial charge in [0.05, 0.1) is 19.2 Å². The second kappa shape index (κ2) is 9.74. The molecule has 6 heteroatoms. The average molecular weight is 427 g/mol. The van der Waals surface area contributed by atoms with E-state index in [2.05, 4.69) is 5.32 Å². The van der Waals surface area contributed by atoms with Crippen molar-refractivity contribution in [1.82, 2.24) is 4.90 Å². The van der Waals surface area contributed by atoms with E-state index in [-0.39, 0.29) is 11.7 Å². The topological polar surface area (TPSA) is 41.6 Å². The Morgan fingerprint density at radius 2 is 1.83 bits per heavy atom. The van der Waals surface area contributed by atoms with E-state index in [4.69, 9.17) is 16.3 Å². The minimum absolute atomic E-state index is 0.0832. The Balaban J connectivity index is 1.83. The molecule has 3 aromatic carbocycles. The van der Waals surface area contributed by atoms with Crippen molar-refractivity contribution in [1.29, 1.82) is 0 Å². The van der Waals surface area contributed by atoms with Gasteiger partial charge in [0.15, 0.2) is 0 Å². The van der Waals surface area contributed by atoms with Crippen molar-refractivity contribution in [2.24, 2.45) is 0 Å². The molecule has 1 amide bonds. The summed E-state index contributed by atoms with van der Waals surface area (Å²) in [5.41, 5.74) is 3.25. The van der Waals surface area contributed by atoms with Crippen molar-refractivity contribution in [2.45, 2.75) is 6.42 Å². The van der Waals surface area contributed by atoms with Crippen molar-refractivity contribution in [2.75, 3.05) is 33.1 Å². The molecule has 0 atom stereocenters. The zero-order valence-corrected chi connectivity index (χ0v) is 18.0. The molecule has 0 heterocycles. The van der Waals surface area contributed by atoms with Crippen LogP contribution in [0.15, 0.2) is 60.7 Å². The molecule has 0 fully saturated rings. The quantitative estimate of drug-likeness (QED) is 0.561. The van der Waals surface area contributed by atoms with Crippen molar-refractivity contribution in [3.8, 4) is 16.9 Å². The molecule has 156 valence electrons. The van der Waals surface area contributed by atoms with Gasteiger partial charge in [-0.2, -0.15) is 0 Å². The lowest BCUT2D eigenvalue weighted by Crippen LogP contribution is -2.27. The highest BCUT2D eigenvalue weighted by Gasteiger charge is 2.17. The summed E-state index contributed by atoms with van der Waals surface area (Å²) < 4.78 is 20.8. The molecule has 0 saturated carbocycles. The first-order valence-corrected chi connectivity index (χ1v) is 9.90. The van der Waals surface area contributed by atoms with Gasteiger partial charge < -0.3 is 15.0 Å². The van der Waals surface area contributed by atoms with Gasteiger partial charge in [0.2, 0.25) is 5.91 Å². The molecule has 0 spiro atoms. The minimum Gasteiger partial charge on any atom is -0.496 e. The second-order valence-corrected chi connectivity index (χ2v) is 7.72. The maximum absolute atomic E-state index is 15.4. The lowest BCUT2D eigenvalue weighted by atomic mass is 9.97. The zero-order chi connectivity index (χ0) is 21.7. The summed E-state index contributed by atoms with van der Waals surface area (Å²) in [4.78, 5) is 13.7. The Hall–Kier alpha value is -2.89. The number of nitrogens with one attached hydrogen (secondary N) is 1. The van der Waals surface area contributed by atoms with E-state index in [0.29, 0.717) is 46.1 Å². The molecule has 0 saturated heterocycles. The molecule has 0 radical (unpaired) electrons. The Labute approximate surface area is 181 Å². The lowest BCUT2D eigenvalue weighted by molar-refractivity contribution is -0.116. The number of hydrogen-bond donors (Lipinski definition) is 1. The maximum atomic E-state index is 15.4. The Kier molecular flexibility index (Phi) is 7.08. The van der Waals surface area contributed by atoms with Gasteiger partial charge in [-0.1, -0.05) is 41.9 Å². The Bertz CT molecular complexity index is 1040. The molecule has 0 bridgehead atoms. The third-order valence-electron chi connectivity index (χ3n) is 4.61. The number of methoxy groups -OCH3 is 1. The molecule has 3 rings (SSSR count). The molecule has 0 aliphatic carbocycles. The van der Waals surface area contributed by atoms with Crippen LogP contribution in [0, 0.1) is 5.82 Å². The zero-order valence-electron chi connectivity index (χ0n) is 17.2. The molecule has 1 N–H and O–H groups in total. The summed E-state index contributed by atoms with van der Waals surface area (Å²) in [6.45, 7) is 0.311. The standard InChI is InChI=1S/C24H24ClFN2O2/c1-28(2)15-22(29)27-20-10-7-16(8-11-20)13-18-9-12-21(30-3)23(24(18)26)17-5-4-6-19(25)14-17/h4-12,14H,13,15H2,1-3H3,(H,27,29). The number of ether oxygens (including phenoxy) is 1. The van der Waals surface area contributed by atoms with E-state index in [1.54, 1.807) is 35.2 Å². The molecule has 0 unspecified atom stereocenters. The normalized spacial score (nSPS) is 10.9. The van der Waals surface area contributed by atoms with Crippen LogP contribution < -0.4 is 10.1 Å². The van der Waals surface area contributed by atoms with Crippen molar-refractivity contribution in [3.63, 3.8) is 0 Å². The molecule has 30 heavy (non-hydrogen) atoms. The third-order valence-corrected chi connectivity index (χ3v) is 4.84. The first-order chi connectivity index (χ1) is 14.4. The average Bonchev–Trinajstić information content (AvgIpc) is 2.70. The van der Waals surface area contributed by atoms with Gasteiger partial charge in [0.25, 0.3) is 0 Å². The largest absolute Gasteiger partial charge is 0.496 e. The Morgan fingerprint density at radius 1 is 1.10 bits per heavy atom. The highest BCUT2D eigenvalue weighted by Crippen LogP contribution is 2.36. The molecule has 0 aliphatic heterocycles. The minimum atomic E-state index is -0.333. The van der Waals surface area contributed by atoms with Gasteiger partial charge in [-0.3, -0.25) is 4.79 Å². The number of carbonyl (C=O) groups excluding carboxylic acids is 1. The molecular weight excluding hydrogens is 403 g/mol. The highest BCUT2D eigenvalue weighted by molar-refractivity contribution is 6.30. The first kappa shape index (κ1) is 21.8. The van der Waals surface area contributed by atoms with E-state index in [1.165, 1.54) is 7.11 Å². The van der Waals surface area contributed by atoms with Gasteiger partial charge in [-0.15, -0.1) is 0 Å². The van der Waals surface area contributed by atoms with Gasteiger partial charge in [0, 0.05) is 17.1 Å². The van der Waals surface area contributed by atoms with Crippen LogP contribution in [0.3, 0.4) is 0 Å². The fourth-order valence-corrected chi connectivity index (χ4v) is 3.42. The SMILES string of the molecule is COc1ccc(Cc2ccc(NC(=O)CN(C)C)cc2)c(F)c1-c1cccc(Cl)c1. The summed E-state index contributed by atoms with van der Waals surface area (Å²) in [7, 11) is 5.19. The van der Waals surface area contributed by atoms with Crippen LogP contribution >= 0.6 is 11.6 Å². The summed E-state index contributed by atoms with van der Waals surface area (Å²) in [6, 6.07) is 18.0. The molecule has 3 aromatic rings. The summed E-state index contributed by atoms with van der Waals surface area (Å²) in [5.74, 6) is 0.0394. The van der Waals surface area contributed by atoms with Gasteiger partial charge in [0.1, 0.15) is 11.6 Å².